The Balaban J connectivity index is 2.09. The lowest BCUT2D eigenvalue weighted by atomic mass is 9.71. The Hall–Kier alpha value is -1.65. The Kier molecular flexibility index (Phi) is 4.80. The minimum Gasteiger partial charge on any atom is -0.481 e. The normalized spacial score (nSPS) is 25.6. The summed E-state index contributed by atoms with van der Waals surface area (Å²) in [5.41, 5.74) is 0.323. The SMILES string of the molecule is CCc1cc(NCC2(C(=O)O)CCC(C)CC2)nc(C)n1. The summed E-state index contributed by atoms with van der Waals surface area (Å²) in [6.45, 7) is 6.54. The highest BCUT2D eigenvalue weighted by Gasteiger charge is 2.41. The first-order valence-corrected chi connectivity index (χ1v) is 7.77. The number of aryl methyl sites for hydroxylation is 2. The third-order valence-electron chi connectivity index (χ3n) is 4.55. The second kappa shape index (κ2) is 6.41. The molecule has 0 radical (unpaired) electrons. The first-order chi connectivity index (χ1) is 9.95. The minimum atomic E-state index is -0.691. The van der Waals surface area contributed by atoms with Crippen LogP contribution in [0.25, 0.3) is 0 Å². The van der Waals surface area contributed by atoms with Gasteiger partial charge in [0.15, 0.2) is 0 Å². The van der Waals surface area contributed by atoms with Crippen molar-refractivity contribution in [3.63, 3.8) is 0 Å². The van der Waals surface area contributed by atoms with E-state index in [0.717, 1.165) is 49.4 Å². The third-order valence-corrected chi connectivity index (χ3v) is 4.55. The fourth-order valence-electron chi connectivity index (χ4n) is 2.94. The van der Waals surface area contributed by atoms with Gasteiger partial charge in [-0.15, -0.1) is 0 Å². The molecule has 0 unspecified atom stereocenters. The molecule has 0 saturated heterocycles. The van der Waals surface area contributed by atoms with Crippen LogP contribution in [0.1, 0.15) is 51.0 Å². The largest absolute Gasteiger partial charge is 0.481 e. The maximum absolute atomic E-state index is 11.7. The molecule has 0 atom stereocenters. The van der Waals surface area contributed by atoms with Gasteiger partial charge >= 0.3 is 5.97 Å². The zero-order valence-corrected chi connectivity index (χ0v) is 13.1. The molecule has 1 aliphatic carbocycles. The van der Waals surface area contributed by atoms with Gasteiger partial charge in [-0.25, -0.2) is 9.97 Å². The van der Waals surface area contributed by atoms with Crippen LogP contribution < -0.4 is 5.32 Å². The smallest absolute Gasteiger partial charge is 0.311 e. The summed E-state index contributed by atoms with van der Waals surface area (Å²) >= 11 is 0. The van der Waals surface area contributed by atoms with Gasteiger partial charge in [-0.05, 0) is 44.9 Å². The van der Waals surface area contributed by atoms with Crippen LogP contribution in [0.4, 0.5) is 5.82 Å². The van der Waals surface area contributed by atoms with E-state index in [2.05, 4.69) is 22.2 Å². The Bertz CT molecular complexity index is 508. The molecule has 1 heterocycles. The Morgan fingerprint density at radius 2 is 2.10 bits per heavy atom. The summed E-state index contributed by atoms with van der Waals surface area (Å²) in [5.74, 6) is 1.39. The molecule has 1 fully saturated rings. The van der Waals surface area contributed by atoms with E-state index in [9.17, 15) is 9.90 Å². The fraction of sp³-hybridized carbons (Fsp3) is 0.688. The number of carboxylic acids is 1. The first kappa shape index (κ1) is 15.7. The molecule has 1 aliphatic rings. The van der Waals surface area contributed by atoms with Crippen molar-refractivity contribution in [2.24, 2.45) is 11.3 Å². The lowest BCUT2D eigenvalue weighted by Crippen LogP contribution is -2.41. The van der Waals surface area contributed by atoms with Crippen molar-refractivity contribution < 1.29 is 9.90 Å². The van der Waals surface area contributed by atoms with Crippen LogP contribution in [0, 0.1) is 18.3 Å². The highest BCUT2D eigenvalue weighted by Crippen LogP contribution is 2.39. The molecule has 5 nitrogen and oxygen atoms in total. The van der Waals surface area contributed by atoms with E-state index in [-0.39, 0.29) is 0 Å². The van der Waals surface area contributed by atoms with Crippen molar-refractivity contribution >= 4 is 11.8 Å². The van der Waals surface area contributed by atoms with E-state index < -0.39 is 11.4 Å². The van der Waals surface area contributed by atoms with Gasteiger partial charge in [0.05, 0.1) is 5.41 Å². The maximum atomic E-state index is 11.7. The molecule has 21 heavy (non-hydrogen) atoms. The number of carboxylic acid groups (broad SMARTS) is 1. The Labute approximate surface area is 126 Å². The summed E-state index contributed by atoms with van der Waals surface area (Å²) in [6.07, 6.45) is 4.29. The molecule has 0 aliphatic heterocycles. The molecule has 0 amide bonds. The van der Waals surface area contributed by atoms with Crippen molar-refractivity contribution in [2.45, 2.75) is 52.9 Å². The lowest BCUT2D eigenvalue weighted by molar-refractivity contribution is -0.150. The van der Waals surface area contributed by atoms with Crippen LogP contribution in [0.2, 0.25) is 0 Å². The van der Waals surface area contributed by atoms with Gasteiger partial charge in [0.25, 0.3) is 0 Å². The molecule has 0 aromatic carbocycles. The van der Waals surface area contributed by atoms with E-state index >= 15 is 0 Å². The molecule has 5 heteroatoms. The topological polar surface area (TPSA) is 75.1 Å². The van der Waals surface area contributed by atoms with Gasteiger partial charge in [-0.1, -0.05) is 13.8 Å². The van der Waals surface area contributed by atoms with Crippen LogP contribution >= 0.6 is 0 Å². The van der Waals surface area contributed by atoms with Gasteiger partial charge in [0.1, 0.15) is 11.6 Å². The quantitative estimate of drug-likeness (QED) is 0.872. The highest BCUT2D eigenvalue weighted by molar-refractivity contribution is 5.75. The van der Waals surface area contributed by atoms with Crippen LogP contribution in [0.3, 0.4) is 0 Å². The molecule has 1 aromatic heterocycles. The number of anilines is 1. The monoisotopic (exact) mass is 291 g/mol. The zero-order valence-electron chi connectivity index (χ0n) is 13.1. The minimum absolute atomic E-state index is 0.439. The first-order valence-electron chi connectivity index (χ1n) is 7.77. The number of carbonyl (C=O) groups is 1. The standard InChI is InChI=1S/C16H25N3O2/c1-4-13-9-14(19-12(3)18-13)17-10-16(15(20)21)7-5-11(2)6-8-16/h9,11H,4-8,10H2,1-3H3,(H,20,21)(H,17,18,19). The highest BCUT2D eigenvalue weighted by atomic mass is 16.4. The molecule has 1 saturated carbocycles. The van der Waals surface area contributed by atoms with Crippen molar-refractivity contribution in [2.75, 3.05) is 11.9 Å². The Morgan fingerprint density at radius 1 is 1.43 bits per heavy atom. The van der Waals surface area contributed by atoms with E-state index in [1.807, 2.05) is 19.9 Å². The van der Waals surface area contributed by atoms with Crippen LogP contribution in [-0.4, -0.2) is 27.6 Å². The number of hydrogen-bond donors (Lipinski definition) is 2. The van der Waals surface area contributed by atoms with Crippen LogP contribution in [0.15, 0.2) is 6.07 Å². The zero-order chi connectivity index (χ0) is 15.5. The van der Waals surface area contributed by atoms with Crippen molar-refractivity contribution in [1.29, 1.82) is 0 Å². The number of nitrogens with zero attached hydrogens (tertiary/aromatic N) is 2. The molecule has 116 valence electrons. The molecular formula is C16H25N3O2. The lowest BCUT2D eigenvalue weighted by Gasteiger charge is -2.36. The second-order valence-electron chi connectivity index (χ2n) is 6.27. The fourth-order valence-corrected chi connectivity index (χ4v) is 2.94. The average Bonchev–Trinajstić information content (AvgIpc) is 2.46. The van der Waals surface area contributed by atoms with Gasteiger partial charge in [0, 0.05) is 18.3 Å². The van der Waals surface area contributed by atoms with Crippen LogP contribution in [0.5, 0.6) is 0 Å². The van der Waals surface area contributed by atoms with Gasteiger partial charge in [0.2, 0.25) is 0 Å². The number of hydrogen-bond acceptors (Lipinski definition) is 4. The number of aromatic nitrogens is 2. The van der Waals surface area contributed by atoms with E-state index in [4.69, 9.17) is 0 Å². The summed E-state index contributed by atoms with van der Waals surface area (Å²) in [4.78, 5) is 20.4. The van der Waals surface area contributed by atoms with E-state index in [1.165, 1.54) is 0 Å². The second-order valence-corrected chi connectivity index (χ2v) is 6.27. The molecule has 1 aromatic rings. The maximum Gasteiger partial charge on any atom is 0.311 e. The third kappa shape index (κ3) is 3.71. The Morgan fingerprint density at radius 3 is 2.67 bits per heavy atom. The van der Waals surface area contributed by atoms with Gasteiger partial charge < -0.3 is 10.4 Å². The molecule has 0 bridgehead atoms. The van der Waals surface area contributed by atoms with Gasteiger partial charge in [-0.3, -0.25) is 4.79 Å². The molecule has 0 spiro atoms. The predicted molar refractivity (Wildman–Crippen MR) is 82.3 cm³/mol. The predicted octanol–water partition coefficient (Wildman–Crippen LogP) is 3.04. The number of aliphatic carboxylic acids is 1. The summed E-state index contributed by atoms with van der Waals surface area (Å²) in [7, 11) is 0. The van der Waals surface area contributed by atoms with Crippen molar-refractivity contribution in [3.8, 4) is 0 Å². The van der Waals surface area contributed by atoms with Crippen molar-refractivity contribution in [1.82, 2.24) is 9.97 Å². The van der Waals surface area contributed by atoms with Crippen LogP contribution in [-0.2, 0) is 11.2 Å². The summed E-state index contributed by atoms with van der Waals surface area (Å²) < 4.78 is 0. The number of nitrogens with one attached hydrogen (secondary N) is 1. The van der Waals surface area contributed by atoms with Gasteiger partial charge in [-0.2, -0.15) is 0 Å². The van der Waals surface area contributed by atoms with E-state index in [1.54, 1.807) is 0 Å². The molecule has 2 N–H and O–H groups in total. The average molecular weight is 291 g/mol. The molecule has 2 rings (SSSR count). The summed E-state index contributed by atoms with van der Waals surface area (Å²) in [5, 5.41) is 12.9. The number of rotatable bonds is 5. The van der Waals surface area contributed by atoms with E-state index in [0.29, 0.717) is 12.5 Å². The molecular weight excluding hydrogens is 266 g/mol. The van der Waals surface area contributed by atoms with Crippen molar-refractivity contribution in [3.05, 3.63) is 17.6 Å². The summed E-state index contributed by atoms with van der Waals surface area (Å²) in [6, 6.07) is 1.91.